The molecule has 5 heteroatoms. The zero-order valence-corrected chi connectivity index (χ0v) is 15.9. The number of carbonyl (C=O) groups excluding carboxylic acids is 1. The molecular weight excluding hydrogens is 330 g/mol. The lowest BCUT2D eigenvalue weighted by molar-refractivity contribution is 0.0209. The standard InChI is InChI=1S/C21H27NO4/c1-21(2,3)26-20(23)22(16-17-9-6-5-7-10-17)13-14-25-19-12-8-11-18(15-19)24-4/h5-12,15H,13-14,16H2,1-4H3. The number of methoxy groups -OCH3 is 1. The lowest BCUT2D eigenvalue weighted by Crippen LogP contribution is -2.38. The van der Waals surface area contributed by atoms with Gasteiger partial charge in [0.2, 0.25) is 0 Å². The smallest absolute Gasteiger partial charge is 0.410 e. The largest absolute Gasteiger partial charge is 0.497 e. The minimum Gasteiger partial charge on any atom is -0.497 e. The quantitative estimate of drug-likeness (QED) is 0.731. The molecule has 2 rings (SSSR count). The van der Waals surface area contributed by atoms with Gasteiger partial charge in [0.1, 0.15) is 23.7 Å². The Labute approximate surface area is 155 Å². The van der Waals surface area contributed by atoms with Crippen LogP contribution in [0.4, 0.5) is 4.79 Å². The predicted octanol–water partition coefficient (Wildman–Crippen LogP) is 4.51. The first-order valence-corrected chi connectivity index (χ1v) is 8.66. The molecule has 5 nitrogen and oxygen atoms in total. The van der Waals surface area contributed by atoms with Gasteiger partial charge < -0.3 is 19.1 Å². The summed E-state index contributed by atoms with van der Waals surface area (Å²) in [4.78, 5) is 14.2. The summed E-state index contributed by atoms with van der Waals surface area (Å²) in [7, 11) is 1.61. The van der Waals surface area contributed by atoms with E-state index < -0.39 is 5.60 Å². The highest BCUT2D eigenvalue weighted by molar-refractivity contribution is 5.68. The van der Waals surface area contributed by atoms with Gasteiger partial charge in [0.25, 0.3) is 0 Å². The van der Waals surface area contributed by atoms with Gasteiger partial charge >= 0.3 is 6.09 Å². The normalized spacial score (nSPS) is 10.9. The summed E-state index contributed by atoms with van der Waals surface area (Å²) in [6.45, 7) is 6.83. The molecule has 2 aromatic rings. The van der Waals surface area contributed by atoms with Gasteiger partial charge in [-0.3, -0.25) is 0 Å². The summed E-state index contributed by atoms with van der Waals surface area (Å²) >= 11 is 0. The van der Waals surface area contributed by atoms with Crippen LogP contribution >= 0.6 is 0 Å². The van der Waals surface area contributed by atoms with Crippen molar-refractivity contribution in [3.8, 4) is 11.5 Å². The van der Waals surface area contributed by atoms with E-state index in [1.165, 1.54) is 0 Å². The van der Waals surface area contributed by atoms with Crippen molar-refractivity contribution in [3.05, 3.63) is 60.2 Å². The van der Waals surface area contributed by atoms with Crippen LogP contribution in [-0.4, -0.2) is 36.9 Å². The van der Waals surface area contributed by atoms with Gasteiger partial charge in [-0.2, -0.15) is 0 Å². The minimum absolute atomic E-state index is 0.351. The molecule has 0 fully saturated rings. The molecule has 2 aromatic carbocycles. The minimum atomic E-state index is -0.542. The van der Waals surface area contributed by atoms with Crippen LogP contribution in [0.3, 0.4) is 0 Å². The van der Waals surface area contributed by atoms with Crippen LogP contribution < -0.4 is 9.47 Å². The fourth-order valence-electron chi connectivity index (χ4n) is 2.33. The molecule has 0 unspecified atom stereocenters. The van der Waals surface area contributed by atoms with Gasteiger partial charge in [-0.1, -0.05) is 36.4 Å². The van der Waals surface area contributed by atoms with Crippen LogP contribution in [0.1, 0.15) is 26.3 Å². The molecule has 0 saturated heterocycles. The van der Waals surface area contributed by atoms with E-state index in [1.54, 1.807) is 12.0 Å². The molecule has 0 spiro atoms. The van der Waals surface area contributed by atoms with Crippen molar-refractivity contribution in [1.82, 2.24) is 4.90 Å². The maximum absolute atomic E-state index is 12.5. The van der Waals surface area contributed by atoms with Gasteiger partial charge in [-0.25, -0.2) is 4.79 Å². The zero-order valence-electron chi connectivity index (χ0n) is 15.9. The number of hydrogen-bond acceptors (Lipinski definition) is 4. The summed E-state index contributed by atoms with van der Waals surface area (Å²) in [6, 6.07) is 17.2. The molecule has 0 N–H and O–H groups in total. The third-order valence-electron chi connectivity index (χ3n) is 3.54. The van der Waals surface area contributed by atoms with Crippen LogP contribution in [0.15, 0.2) is 54.6 Å². The van der Waals surface area contributed by atoms with Crippen molar-refractivity contribution in [2.45, 2.75) is 32.9 Å². The number of amides is 1. The van der Waals surface area contributed by atoms with Crippen molar-refractivity contribution in [2.24, 2.45) is 0 Å². The Kier molecular flexibility index (Phi) is 6.89. The van der Waals surface area contributed by atoms with E-state index >= 15 is 0 Å². The fourth-order valence-corrected chi connectivity index (χ4v) is 2.33. The monoisotopic (exact) mass is 357 g/mol. The highest BCUT2D eigenvalue weighted by Gasteiger charge is 2.22. The number of carbonyl (C=O) groups is 1. The van der Waals surface area contributed by atoms with Crippen LogP contribution in [0.5, 0.6) is 11.5 Å². The van der Waals surface area contributed by atoms with Crippen LogP contribution in [0.25, 0.3) is 0 Å². The Morgan fingerprint density at radius 1 is 1.00 bits per heavy atom. The van der Waals surface area contributed by atoms with E-state index in [0.29, 0.717) is 25.4 Å². The summed E-state index contributed by atoms with van der Waals surface area (Å²) < 4.78 is 16.5. The Morgan fingerprint density at radius 2 is 1.69 bits per heavy atom. The Morgan fingerprint density at radius 3 is 2.35 bits per heavy atom. The second-order valence-electron chi connectivity index (χ2n) is 6.91. The van der Waals surface area contributed by atoms with Crippen molar-refractivity contribution < 1.29 is 19.0 Å². The summed E-state index contributed by atoms with van der Waals surface area (Å²) in [5.41, 5.74) is 0.499. The third kappa shape index (κ3) is 6.67. The fraction of sp³-hybridized carbons (Fsp3) is 0.381. The lowest BCUT2D eigenvalue weighted by Gasteiger charge is -2.27. The molecule has 140 valence electrons. The average molecular weight is 357 g/mol. The third-order valence-corrected chi connectivity index (χ3v) is 3.54. The molecule has 0 saturated carbocycles. The Bertz CT molecular complexity index is 695. The van der Waals surface area contributed by atoms with E-state index in [0.717, 1.165) is 11.3 Å². The molecule has 0 atom stereocenters. The molecule has 0 aliphatic carbocycles. The molecule has 0 heterocycles. The molecule has 0 bridgehead atoms. The van der Waals surface area contributed by atoms with Gasteiger partial charge in [0.05, 0.1) is 13.7 Å². The number of nitrogens with zero attached hydrogens (tertiary/aromatic N) is 1. The molecule has 26 heavy (non-hydrogen) atoms. The molecule has 0 aliphatic heterocycles. The van der Waals surface area contributed by atoms with Crippen LogP contribution in [-0.2, 0) is 11.3 Å². The molecular formula is C21H27NO4. The van der Waals surface area contributed by atoms with Crippen LogP contribution in [0.2, 0.25) is 0 Å². The SMILES string of the molecule is COc1cccc(OCCN(Cc2ccccc2)C(=O)OC(C)(C)C)c1. The summed E-state index contributed by atoms with van der Waals surface area (Å²) in [5.74, 6) is 1.43. The number of benzene rings is 2. The first-order valence-electron chi connectivity index (χ1n) is 8.66. The first kappa shape index (κ1) is 19.6. The van der Waals surface area contributed by atoms with Crippen molar-refractivity contribution in [1.29, 1.82) is 0 Å². The molecule has 0 radical (unpaired) electrons. The second-order valence-corrected chi connectivity index (χ2v) is 6.91. The predicted molar refractivity (Wildman–Crippen MR) is 102 cm³/mol. The highest BCUT2D eigenvalue weighted by Crippen LogP contribution is 2.19. The van der Waals surface area contributed by atoms with E-state index in [1.807, 2.05) is 75.4 Å². The maximum atomic E-state index is 12.5. The molecule has 0 aromatic heterocycles. The number of rotatable bonds is 7. The lowest BCUT2D eigenvalue weighted by atomic mass is 10.2. The second kappa shape index (κ2) is 9.13. The summed E-state index contributed by atoms with van der Waals surface area (Å²) in [5, 5.41) is 0. The van der Waals surface area contributed by atoms with E-state index in [9.17, 15) is 4.79 Å². The van der Waals surface area contributed by atoms with Gasteiger partial charge in [-0.05, 0) is 38.5 Å². The van der Waals surface area contributed by atoms with E-state index in [2.05, 4.69) is 0 Å². The number of hydrogen-bond donors (Lipinski definition) is 0. The first-order chi connectivity index (χ1) is 12.4. The van der Waals surface area contributed by atoms with Crippen LogP contribution in [0, 0.1) is 0 Å². The Hall–Kier alpha value is -2.69. The zero-order chi connectivity index (χ0) is 19.0. The number of ether oxygens (including phenoxy) is 3. The topological polar surface area (TPSA) is 48.0 Å². The van der Waals surface area contributed by atoms with Crippen molar-refractivity contribution in [3.63, 3.8) is 0 Å². The van der Waals surface area contributed by atoms with Crippen molar-refractivity contribution in [2.75, 3.05) is 20.3 Å². The van der Waals surface area contributed by atoms with Gasteiger partial charge in [0.15, 0.2) is 0 Å². The molecule has 0 aliphatic rings. The van der Waals surface area contributed by atoms with Gasteiger partial charge in [-0.15, -0.1) is 0 Å². The van der Waals surface area contributed by atoms with Crippen molar-refractivity contribution >= 4 is 6.09 Å². The van der Waals surface area contributed by atoms with E-state index in [4.69, 9.17) is 14.2 Å². The Balaban J connectivity index is 1.99. The van der Waals surface area contributed by atoms with E-state index in [-0.39, 0.29) is 6.09 Å². The molecule has 1 amide bonds. The van der Waals surface area contributed by atoms with Gasteiger partial charge in [0, 0.05) is 12.6 Å². The summed E-state index contributed by atoms with van der Waals surface area (Å²) in [6.07, 6.45) is -0.351. The highest BCUT2D eigenvalue weighted by atomic mass is 16.6. The average Bonchev–Trinajstić information content (AvgIpc) is 2.60. The maximum Gasteiger partial charge on any atom is 0.410 e.